The summed E-state index contributed by atoms with van der Waals surface area (Å²) < 4.78 is 0. The maximum absolute atomic E-state index is 12.8. The minimum absolute atomic E-state index is 0.0236. The molecule has 3 unspecified atom stereocenters. The van der Waals surface area contributed by atoms with Crippen molar-refractivity contribution in [1.82, 2.24) is 16.0 Å². The van der Waals surface area contributed by atoms with E-state index >= 15 is 0 Å². The molecule has 0 bridgehead atoms. The molecule has 1 aliphatic carbocycles. The Morgan fingerprint density at radius 3 is 2.45 bits per heavy atom. The molecule has 6 nitrogen and oxygen atoms in total. The van der Waals surface area contributed by atoms with Crippen LogP contribution in [0.1, 0.15) is 64.9 Å². The summed E-state index contributed by atoms with van der Waals surface area (Å²) in [7, 11) is 0. The number of nitrogens with one attached hydrogen (secondary N) is 3. The van der Waals surface area contributed by atoms with Gasteiger partial charge in [-0.3, -0.25) is 14.4 Å². The summed E-state index contributed by atoms with van der Waals surface area (Å²) in [5.74, 6) is -0.292. The Morgan fingerprint density at radius 1 is 1.07 bits per heavy atom. The molecule has 29 heavy (non-hydrogen) atoms. The fourth-order valence-corrected chi connectivity index (χ4v) is 3.85. The SMILES string of the molecule is CCCC(NC(=O)Cc1ccccc1)C(=O)NC1CCCC(C(=O)NC(C)C)C1. The molecule has 0 aromatic heterocycles. The second-order valence-electron chi connectivity index (χ2n) is 8.30. The maximum atomic E-state index is 12.8. The van der Waals surface area contributed by atoms with Gasteiger partial charge in [0, 0.05) is 18.0 Å². The number of amides is 3. The lowest BCUT2D eigenvalue weighted by Gasteiger charge is -2.31. The van der Waals surface area contributed by atoms with Gasteiger partial charge in [-0.25, -0.2) is 0 Å². The van der Waals surface area contributed by atoms with Gasteiger partial charge in [-0.15, -0.1) is 0 Å². The third-order valence-electron chi connectivity index (χ3n) is 5.26. The molecule has 3 amide bonds. The van der Waals surface area contributed by atoms with E-state index in [4.69, 9.17) is 0 Å². The third kappa shape index (κ3) is 7.87. The van der Waals surface area contributed by atoms with Gasteiger partial charge in [0.25, 0.3) is 0 Å². The monoisotopic (exact) mass is 401 g/mol. The second kappa shape index (κ2) is 11.6. The summed E-state index contributed by atoms with van der Waals surface area (Å²) in [4.78, 5) is 37.5. The van der Waals surface area contributed by atoms with Crippen molar-refractivity contribution in [2.24, 2.45) is 5.92 Å². The molecule has 0 heterocycles. The summed E-state index contributed by atoms with van der Waals surface area (Å²) >= 11 is 0. The maximum Gasteiger partial charge on any atom is 0.242 e. The Hall–Kier alpha value is -2.37. The third-order valence-corrected chi connectivity index (χ3v) is 5.26. The van der Waals surface area contributed by atoms with E-state index in [-0.39, 0.29) is 42.1 Å². The lowest BCUT2D eigenvalue weighted by atomic mass is 9.84. The van der Waals surface area contributed by atoms with Crippen LogP contribution in [-0.4, -0.2) is 35.8 Å². The predicted octanol–water partition coefficient (Wildman–Crippen LogP) is 2.71. The van der Waals surface area contributed by atoms with Gasteiger partial charge in [0.1, 0.15) is 6.04 Å². The average molecular weight is 402 g/mol. The van der Waals surface area contributed by atoms with Gasteiger partial charge in [-0.05, 0) is 45.1 Å². The molecule has 3 N–H and O–H groups in total. The topological polar surface area (TPSA) is 87.3 Å². The van der Waals surface area contributed by atoms with Gasteiger partial charge in [-0.2, -0.15) is 0 Å². The average Bonchev–Trinajstić information content (AvgIpc) is 2.68. The zero-order valence-electron chi connectivity index (χ0n) is 17.9. The Balaban J connectivity index is 1.89. The van der Waals surface area contributed by atoms with Gasteiger partial charge in [0.15, 0.2) is 0 Å². The Labute approximate surface area is 174 Å². The number of hydrogen-bond acceptors (Lipinski definition) is 3. The highest BCUT2D eigenvalue weighted by atomic mass is 16.2. The van der Waals surface area contributed by atoms with Gasteiger partial charge in [0.05, 0.1) is 6.42 Å². The van der Waals surface area contributed by atoms with Crippen molar-refractivity contribution in [3.8, 4) is 0 Å². The van der Waals surface area contributed by atoms with E-state index in [0.717, 1.165) is 31.2 Å². The molecule has 1 fully saturated rings. The quantitative estimate of drug-likeness (QED) is 0.595. The summed E-state index contributed by atoms with van der Waals surface area (Å²) in [6, 6.07) is 9.06. The van der Waals surface area contributed by atoms with Crippen LogP contribution < -0.4 is 16.0 Å². The van der Waals surface area contributed by atoms with Crippen LogP contribution in [0.4, 0.5) is 0 Å². The van der Waals surface area contributed by atoms with E-state index in [2.05, 4.69) is 16.0 Å². The van der Waals surface area contributed by atoms with Gasteiger partial charge in [0.2, 0.25) is 17.7 Å². The van der Waals surface area contributed by atoms with E-state index in [0.29, 0.717) is 12.8 Å². The summed E-state index contributed by atoms with van der Waals surface area (Å²) in [6.07, 6.45) is 4.95. The van der Waals surface area contributed by atoms with Crippen molar-refractivity contribution in [3.63, 3.8) is 0 Å². The normalized spacial score (nSPS) is 20.0. The highest BCUT2D eigenvalue weighted by Gasteiger charge is 2.30. The van der Waals surface area contributed by atoms with Gasteiger partial charge in [-0.1, -0.05) is 50.1 Å². The summed E-state index contributed by atoms with van der Waals surface area (Å²) in [6.45, 7) is 5.90. The largest absolute Gasteiger partial charge is 0.354 e. The minimum Gasteiger partial charge on any atom is -0.354 e. The second-order valence-corrected chi connectivity index (χ2v) is 8.30. The molecule has 0 spiro atoms. The highest BCUT2D eigenvalue weighted by molar-refractivity contribution is 5.88. The van der Waals surface area contributed by atoms with Crippen LogP contribution in [0.2, 0.25) is 0 Å². The molecule has 2 rings (SSSR count). The Bertz CT molecular complexity index is 675. The Kier molecular flexibility index (Phi) is 9.16. The molecular formula is C23H35N3O3. The highest BCUT2D eigenvalue weighted by Crippen LogP contribution is 2.25. The number of carbonyl (C=O) groups excluding carboxylic acids is 3. The smallest absolute Gasteiger partial charge is 0.242 e. The van der Waals surface area contributed by atoms with E-state index in [1.807, 2.05) is 51.1 Å². The number of hydrogen-bond donors (Lipinski definition) is 3. The van der Waals surface area contributed by atoms with Crippen LogP contribution in [0.3, 0.4) is 0 Å². The zero-order valence-corrected chi connectivity index (χ0v) is 17.9. The van der Waals surface area contributed by atoms with Crippen LogP contribution in [0.5, 0.6) is 0 Å². The first-order valence-corrected chi connectivity index (χ1v) is 10.8. The molecule has 1 aromatic carbocycles. The molecule has 1 aromatic rings. The van der Waals surface area contributed by atoms with Crippen LogP contribution in [0, 0.1) is 5.92 Å². The number of benzene rings is 1. The summed E-state index contributed by atoms with van der Waals surface area (Å²) in [5, 5.41) is 8.93. The van der Waals surface area contributed by atoms with E-state index < -0.39 is 6.04 Å². The van der Waals surface area contributed by atoms with Crippen molar-refractivity contribution < 1.29 is 14.4 Å². The molecule has 0 saturated heterocycles. The molecule has 0 radical (unpaired) electrons. The molecular weight excluding hydrogens is 366 g/mol. The summed E-state index contributed by atoms with van der Waals surface area (Å²) in [5.41, 5.74) is 0.923. The van der Waals surface area contributed by atoms with Crippen LogP contribution in [-0.2, 0) is 20.8 Å². The first-order valence-electron chi connectivity index (χ1n) is 10.8. The standard InChI is InChI=1S/C23H35N3O3/c1-4-9-20(26-21(27)14-17-10-6-5-7-11-17)23(29)25-19-13-8-12-18(15-19)22(28)24-16(2)3/h5-7,10-11,16,18-20H,4,8-9,12-15H2,1-3H3,(H,24,28)(H,25,29)(H,26,27). The van der Waals surface area contributed by atoms with Crippen molar-refractivity contribution in [2.75, 3.05) is 0 Å². The number of carbonyl (C=O) groups is 3. The van der Waals surface area contributed by atoms with E-state index in [9.17, 15) is 14.4 Å². The lowest BCUT2D eigenvalue weighted by molar-refractivity contribution is -0.130. The molecule has 1 saturated carbocycles. The van der Waals surface area contributed by atoms with Gasteiger partial charge < -0.3 is 16.0 Å². The molecule has 160 valence electrons. The molecule has 6 heteroatoms. The fraction of sp³-hybridized carbons (Fsp3) is 0.609. The predicted molar refractivity (Wildman–Crippen MR) is 114 cm³/mol. The first-order chi connectivity index (χ1) is 13.9. The molecule has 1 aliphatic rings. The molecule has 0 aliphatic heterocycles. The van der Waals surface area contributed by atoms with Crippen LogP contribution >= 0.6 is 0 Å². The van der Waals surface area contributed by atoms with Gasteiger partial charge >= 0.3 is 0 Å². The van der Waals surface area contributed by atoms with E-state index in [1.165, 1.54) is 0 Å². The van der Waals surface area contributed by atoms with Crippen molar-refractivity contribution in [3.05, 3.63) is 35.9 Å². The first kappa shape index (κ1) is 22.9. The fourth-order valence-electron chi connectivity index (χ4n) is 3.85. The Morgan fingerprint density at radius 2 is 1.79 bits per heavy atom. The minimum atomic E-state index is -0.541. The van der Waals surface area contributed by atoms with Crippen molar-refractivity contribution in [2.45, 2.75) is 83.8 Å². The van der Waals surface area contributed by atoms with Crippen molar-refractivity contribution >= 4 is 17.7 Å². The van der Waals surface area contributed by atoms with Crippen LogP contribution in [0.15, 0.2) is 30.3 Å². The van der Waals surface area contributed by atoms with Crippen LogP contribution in [0.25, 0.3) is 0 Å². The van der Waals surface area contributed by atoms with E-state index in [1.54, 1.807) is 0 Å². The zero-order chi connectivity index (χ0) is 21.2. The van der Waals surface area contributed by atoms with Crippen molar-refractivity contribution in [1.29, 1.82) is 0 Å². The number of rotatable bonds is 9. The molecule has 3 atom stereocenters. The lowest BCUT2D eigenvalue weighted by Crippen LogP contribution is -2.51.